The summed E-state index contributed by atoms with van der Waals surface area (Å²) in [5.74, 6) is 0. The molecule has 0 spiro atoms. The second-order valence-corrected chi connectivity index (χ2v) is 5.47. The molecule has 90 valence electrons. The summed E-state index contributed by atoms with van der Waals surface area (Å²) in [7, 11) is 0. The molecule has 0 bridgehead atoms. The van der Waals surface area contributed by atoms with Gasteiger partial charge < -0.3 is 10.6 Å². The summed E-state index contributed by atoms with van der Waals surface area (Å²) in [6.07, 6.45) is 3.91. The minimum Gasteiger partial charge on any atom is -0.314 e. The lowest BCUT2D eigenvalue weighted by Gasteiger charge is -2.14. The fourth-order valence-electron chi connectivity index (χ4n) is 2.14. The second kappa shape index (κ2) is 5.75. The van der Waals surface area contributed by atoms with Crippen molar-refractivity contribution >= 4 is 11.3 Å². The molecule has 2 N–H and O–H groups in total. The number of rotatable bonds is 5. The molecule has 1 saturated heterocycles. The summed E-state index contributed by atoms with van der Waals surface area (Å²) in [4.78, 5) is 4.50. The van der Waals surface area contributed by atoms with Crippen LogP contribution in [0.15, 0.2) is 5.38 Å². The van der Waals surface area contributed by atoms with E-state index in [1.165, 1.54) is 30.8 Å². The van der Waals surface area contributed by atoms with E-state index < -0.39 is 0 Å². The van der Waals surface area contributed by atoms with Crippen molar-refractivity contribution in [2.24, 2.45) is 0 Å². The Bertz CT molecular complexity index is 318. The minimum absolute atomic E-state index is 0.389. The first-order valence-electron chi connectivity index (χ1n) is 6.14. The van der Waals surface area contributed by atoms with E-state index in [0.717, 1.165) is 18.3 Å². The summed E-state index contributed by atoms with van der Waals surface area (Å²) >= 11 is 1.75. The predicted molar refractivity (Wildman–Crippen MR) is 68.9 cm³/mol. The Balaban J connectivity index is 1.69. The van der Waals surface area contributed by atoms with Crippen LogP contribution in [0.25, 0.3) is 0 Å². The van der Waals surface area contributed by atoms with Crippen LogP contribution in [0.2, 0.25) is 0 Å². The Kier molecular flexibility index (Phi) is 4.32. The van der Waals surface area contributed by atoms with Gasteiger partial charge in [-0.1, -0.05) is 0 Å². The molecule has 2 unspecified atom stereocenters. The van der Waals surface area contributed by atoms with Crippen LogP contribution in [0.3, 0.4) is 0 Å². The standard InChI is InChI=1S/C12H21N3S/c1-9-8-16-12(15-9)10(2)13-7-5-11-4-3-6-14-11/h8,10-11,13-14H,3-7H2,1-2H3. The molecule has 0 aliphatic carbocycles. The van der Waals surface area contributed by atoms with Gasteiger partial charge in [-0.2, -0.15) is 0 Å². The molecule has 2 rings (SSSR count). The molecule has 1 aromatic heterocycles. The van der Waals surface area contributed by atoms with Gasteiger partial charge in [0.05, 0.1) is 6.04 Å². The van der Waals surface area contributed by atoms with E-state index in [-0.39, 0.29) is 0 Å². The highest BCUT2D eigenvalue weighted by Crippen LogP contribution is 2.17. The maximum Gasteiger partial charge on any atom is 0.110 e. The van der Waals surface area contributed by atoms with Crippen molar-refractivity contribution in [3.05, 3.63) is 16.1 Å². The fraction of sp³-hybridized carbons (Fsp3) is 0.750. The zero-order valence-corrected chi connectivity index (χ0v) is 10.9. The molecule has 0 amide bonds. The van der Waals surface area contributed by atoms with Gasteiger partial charge in [0, 0.05) is 17.1 Å². The molecule has 0 radical (unpaired) electrons. The summed E-state index contributed by atoms with van der Waals surface area (Å²) < 4.78 is 0. The van der Waals surface area contributed by atoms with E-state index in [1.807, 2.05) is 0 Å². The van der Waals surface area contributed by atoms with Gasteiger partial charge in [0.15, 0.2) is 0 Å². The van der Waals surface area contributed by atoms with Gasteiger partial charge in [0.2, 0.25) is 0 Å². The van der Waals surface area contributed by atoms with Crippen LogP contribution in [0.1, 0.15) is 42.9 Å². The lowest BCUT2D eigenvalue weighted by Crippen LogP contribution is -2.28. The molecule has 16 heavy (non-hydrogen) atoms. The lowest BCUT2D eigenvalue weighted by molar-refractivity contribution is 0.490. The third-order valence-electron chi connectivity index (χ3n) is 3.11. The molecule has 3 nitrogen and oxygen atoms in total. The molecule has 1 aliphatic heterocycles. The minimum atomic E-state index is 0.389. The number of aromatic nitrogens is 1. The molecular weight excluding hydrogens is 218 g/mol. The molecule has 0 aromatic carbocycles. The van der Waals surface area contributed by atoms with Crippen molar-refractivity contribution in [3.63, 3.8) is 0 Å². The van der Waals surface area contributed by atoms with Crippen LogP contribution >= 0.6 is 11.3 Å². The van der Waals surface area contributed by atoms with Crippen LogP contribution < -0.4 is 10.6 Å². The Hall–Kier alpha value is -0.450. The summed E-state index contributed by atoms with van der Waals surface area (Å²) in [6, 6.07) is 1.12. The van der Waals surface area contributed by atoms with Crippen molar-refractivity contribution in [2.75, 3.05) is 13.1 Å². The van der Waals surface area contributed by atoms with Gasteiger partial charge in [-0.15, -0.1) is 11.3 Å². The molecule has 0 saturated carbocycles. The molecule has 4 heteroatoms. The average Bonchev–Trinajstić information content (AvgIpc) is 2.89. The highest BCUT2D eigenvalue weighted by molar-refractivity contribution is 7.09. The van der Waals surface area contributed by atoms with Crippen LogP contribution in [0, 0.1) is 6.92 Å². The van der Waals surface area contributed by atoms with Gasteiger partial charge in [-0.05, 0) is 46.2 Å². The molecule has 1 aliphatic rings. The first kappa shape index (κ1) is 12.0. The summed E-state index contributed by atoms with van der Waals surface area (Å²) in [6.45, 7) is 6.53. The van der Waals surface area contributed by atoms with Crippen molar-refractivity contribution < 1.29 is 0 Å². The van der Waals surface area contributed by atoms with Crippen LogP contribution in [0.4, 0.5) is 0 Å². The van der Waals surface area contributed by atoms with Gasteiger partial charge in [0.1, 0.15) is 5.01 Å². The van der Waals surface area contributed by atoms with Crippen LogP contribution in [-0.2, 0) is 0 Å². The number of thiazole rings is 1. The first-order valence-corrected chi connectivity index (χ1v) is 7.02. The molecule has 2 heterocycles. The molecule has 1 aromatic rings. The number of nitrogens with zero attached hydrogens (tertiary/aromatic N) is 1. The Labute approximate surface area is 102 Å². The van der Waals surface area contributed by atoms with E-state index >= 15 is 0 Å². The Morgan fingerprint density at radius 2 is 2.56 bits per heavy atom. The van der Waals surface area contributed by atoms with Gasteiger partial charge in [-0.3, -0.25) is 0 Å². The topological polar surface area (TPSA) is 37.0 Å². The second-order valence-electron chi connectivity index (χ2n) is 4.58. The smallest absolute Gasteiger partial charge is 0.110 e. The van der Waals surface area contributed by atoms with E-state index in [0.29, 0.717) is 6.04 Å². The zero-order chi connectivity index (χ0) is 11.4. The quantitative estimate of drug-likeness (QED) is 0.827. The summed E-state index contributed by atoms with van der Waals surface area (Å²) in [5.41, 5.74) is 1.13. The largest absolute Gasteiger partial charge is 0.314 e. The fourth-order valence-corrected chi connectivity index (χ4v) is 2.96. The first-order chi connectivity index (χ1) is 7.75. The monoisotopic (exact) mass is 239 g/mol. The highest BCUT2D eigenvalue weighted by Gasteiger charge is 2.14. The molecular formula is C12H21N3S. The summed E-state index contributed by atoms with van der Waals surface area (Å²) in [5, 5.41) is 10.4. The van der Waals surface area contributed by atoms with E-state index in [2.05, 4.69) is 34.8 Å². The Morgan fingerprint density at radius 3 is 3.19 bits per heavy atom. The van der Waals surface area contributed by atoms with Crippen molar-refractivity contribution in [1.29, 1.82) is 0 Å². The Morgan fingerprint density at radius 1 is 1.69 bits per heavy atom. The van der Waals surface area contributed by atoms with Crippen LogP contribution in [-0.4, -0.2) is 24.1 Å². The lowest BCUT2D eigenvalue weighted by atomic mass is 10.1. The number of hydrogen-bond donors (Lipinski definition) is 2. The maximum atomic E-state index is 4.50. The van der Waals surface area contributed by atoms with Gasteiger partial charge in [-0.25, -0.2) is 4.98 Å². The number of aryl methyl sites for hydroxylation is 1. The average molecular weight is 239 g/mol. The molecule has 2 atom stereocenters. The van der Waals surface area contributed by atoms with Crippen LogP contribution in [0.5, 0.6) is 0 Å². The van der Waals surface area contributed by atoms with Crippen molar-refractivity contribution in [3.8, 4) is 0 Å². The van der Waals surface area contributed by atoms with E-state index in [4.69, 9.17) is 0 Å². The number of nitrogens with one attached hydrogen (secondary N) is 2. The zero-order valence-electron chi connectivity index (χ0n) is 10.1. The predicted octanol–water partition coefficient (Wildman–Crippen LogP) is 2.24. The third-order valence-corrected chi connectivity index (χ3v) is 4.26. The van der Waals surface area contributed by atoms with E-state index in [1.54, 1.807) is 11.3 Å². The molecule has 1 fully saturated rings. The highest BCUT2D eigenvalue weighted by atomic mass is 32.1. The van der Waals surface area contributed by atoms with Crippen molar-refractivity contribution in [1.82, 2.24) is 15.6 Å². The maximum absolute atomic E-state index is 4.50. The third kappa shape index (κ3) is 3.27. The van der Waals surface area contributed by atoms with Gasteiger partial charge >= 0.3 is 0 Å². The normalized spacial score (nSPS) is 22.5. The number of hydrogen-bond acceptors (Lipinski definition) is 4. The SMILES string of the molecule is Cc1csc(C(C)NCCC2CCCN2)n1. The van der Waals surface area contributed by atoms with Crippen molar-refractivity contribution in [2.45, 2.75) is 45.2 Å². The van der Waals surface area contributed by atoms with E-state index in [9.17, 15) is 0 Å². The van der Waals surface area contributed by atoms with Gasteiger partial charge in [0.25, 0.3) is 0 Å².